The summed E-state index contributed by atoms with van der Waals surface area (Å²) >= 11 is 1.28. The number of anilines is 3. The summed E-state index contributed by atoms with van der Waals surface area (Å²) in [6.45, 7) is 0. The maximum absolute atomic E-state index is 13.2. The first-order chi connectivity index (χ1) is 16.9. The summed E-state index contributed by atoms with van der Waals surface area (Å²) in [4.78, 5) is 0.762. The second-order valence-electron chi connectivity index (χ2n) is 8.07. The van der Waals surface area contributed by atoms with Gasteiger partial charge in [0.05, 0.1) is 32.4 Å². The number of rotatable bonds is 9. The molecular formula is C23H23F2N5O4S. The molecule has 184 valence electrons. The van der Waals surface area contributed by atoms with Crippen LogP contribution in [0.4, 0.5) is 26.1 Å². The third-order valence-corrected chi connectivity index (χ3v) is 6.72. The fourth-order valence-electron chi connectivity index (χ4n) is 3.95. The molecule has 2 aromatic heterocycles. The van der Waals surface area contributed by atoms with E-state index in [1.165, 1.54) is 11.9 Å². The molecule has 1 saturated carbocycles. The fourth-order valence-corrected chi connectivity index (χ4v) is 4.80. The number of methoxy groups -OCH3 is 3. The first-order valence-corrected chi connectivity index (χ1v) is 11.5. The number of hydrogen-bond donors (Lipinski definition) is 3. The van der Waals surface area contributed by atoms with E-state index in [-0.39, 0.29) is 18.8 Å². The summed E-state index contributed by atoms with van der Waals surface area (Å²) < 4.78 is 51.5. The van der Waals surface area contributed by atoms with Crippen LogP contribution in [0.3, 0.4) is 0 Å². The van der Waals surface area contributed by atoms with Crippen molar-refractivity contribution in [3.8, 4) is 17.2 Å². The zero-order valence-electron chi connectivity index (χ0n) is 19.1. The third kappa shape index (κ3) is 4.53. The first-order valence-electron chi connectivity index (χ1n) is 10.7. The Bertz CT molecular complexity index is 1330. The van der Waals surface area contributed by atoms with E-state index >= 15 is 0 Å². The molecule has 9 nitrogen and oxygen atoms in total. The second kappa shape index (κ2) is 9.17. The molecule has 2 heterocycles. The minimum absolute atomic E-state index is 0.170. The average molecular weight is 504 g/mol. The van der Waals surface area contributed by atoms with Crippen molar-refractivity contribution >= 4 is 40.2 Å². The quantitative estimate of drug-likeness (QED) is 0.239. The summed E-state index contributed by atoms with van der Waals surface area (Å²) in [6, 6.07) is 10.8. The van der Waals surface area contributed by atoms with Gasteiger partial charge in [-0.05, 0) is 30.1 Å². The third-order valence-electron chi connectivity index (χ3n) is 5.81. The van der Waals surface area contributed by atoms with Crippen molar-refractivity contribution in [2.45, 2.75) is 29.6 Å². The molecule has 0 saturated heterocycles. The van der Waals surface area contributed by atoms with Gasteiger partial charge in [-0.25, -0.2) is 8.78 Å². The summed E-state index contributed by atoms with van der Waals surface area (Å²) in [7, 11) is 4.73. The van der Waals surface area contributed by atoms with Crippen molar-refractivity contribution in [1.82, 2.24) is 15.4 Å². The van der Waals surface area contributed by atoms with Gasteiger partial charge in [-0.1, -0.05) is 11.2 Å². The standard InChI is InChI=1S/C23H23F2N5O4S/c1-31-16-5-4-6-17(32-2)21(16)35-30-22-13-7-19(33-3)15(8-18(13)34-29-22)26-20-9-14(27-28-20)12-10-23(24,25)11-12/h4-9,12H,10-11H2,1-3H3,(H,29,30)(H2,26,27,28). The fraction of sp³-hybridized carbons (Fsp3) is 0.304. The Balaban J connectivity index is 1.35. The van der Waals surface area contributed by atoms with E-state index in [4.69, 9.17) is 18.7 Å². The van der Waals surface area contributed by atoms with Crippen LogP contribution in [0.1, 0.15) is 24.5 Å². The van der Waals surface area contributed by atoms with E-state index in [1.807, 2.05) is 18.2 Å². The van der Waals surface area contributed by atoms with Crippen molar-refractivity contribution < 1.29 is 27.5 Å². The first kappa shape index (κ1) is 23.1. The molecule has 0 atom stereocenters. The van der Waals surface area contributed by atoms with E-state index in [2.05, 4.69) is 25.4 Å². The van der Waals surface area contributed by atoms with E-state index in [0.29, 0.717) is 51.2 Å². The number of aromatic nitrogens is 3. The summed E-state index contributed by atoms with van der Waals surface area (Å²) in [6.07, 6.45) is -0.340. The molecule has 0 amide bonds. The lowest BCUT2D eigenvalue weighted by atomic mass is 9.79. The van der Waals surface area contributed by atoms with Crippen LogP contribution in [0.5, 0.6) is 17.2 Å². The van der Waals surface area contributed by atoms with Gasteiger partial charge in [0, 0.05) is 36.6 Å². The zero-order valence-corrected chi connectivity index (χ0v) is 20.0. The number of nitrogens with zero attached hydrogens (tertiary/aromatic N) is 2. The van der Waals surface area contributed by atoms with Crippen LogP contribution in [0.25, 0.3) is 11.0 Å². The van der Waals surface area contributed by atoms with Crippen molar-refractivity contribution in [3.05, 3.63) is 42.1 Å². The Hall–Kier alpha value is -3.67. The van der Waals surface area contributed by atoms with Crippen molar-refractivity contribution in [1.29, 1.82) is 0 Å². The molecule has 0 aliphatic heterocycles. The molecule has 0 unspecified atom stereocenters. The molecular weight excluding hydrogens is 480 g/mol. The van der Waals surface area contributed by atoms with Gasteiger partial charge in [0.15, 0.2) is 17.2 Å². The molecule has 3 N–H and O–H groups in total. The highest BCUT2D eigenvalue weighted by Crippen LogP contribution is 2.48. The summed E-state index contributed by atoms with van der Waals surface area (Å²) in [5.74, 6) is 0.0128. The Morgan fingerprint density at radius 2 is 1.77 bits per heavy atom. The Morgan fingerprint density at radius 1 is 1.06 bits per heavy atom. The zero-order chi connectivity index (χ0) is 24.6. The predicted octanol–water partition coefficient (Wildman–Crippen LogP) is 5.95. The lowest BCUT2D eigenvalue weighted by Crippen LogP contribution is -2.33. The summed E-state index contributed by atoms with van der Waals surface area (Å²) in [5.41, 5.74) is 1.78. The molecule has 1 fully saturated rings. The SMILES string of the molecule is COc1cc2c(NSc3c(OC)cccc3OC)noc2cc1Nc1cc(C2CC(F)(F)C2)[nH]n1. The van der Waals surface area contributed by atoms with Gasteiger partial charge in [0.2, 0.25) is 5.92 Å². The van der Waals surface area contributed by atoms with Crippen LogP contribution in [-0.4, -0.2) is 42.6 Å². The number of ether oxygens (including phenoxy) is 3. The number of aromatic amines is 1. The van der Waals surface area contributed by atoms with Crippen LogP contribution in [0, 0.1) is 0 Å². The van der Waals surface area contributed by atoms with Gasteiger partial charge in [-0.15, -0.1) is 0 Å². The molecule has 0 bridgehead atoms. The maximum atomic E-state index is 13.2. The van der Waals surface area contributed by atoms with Gasteiger partial charge < -0.3 is 28.8 Å². The molecule has 1 aliphatic carbocycles. The molecule has 1 aliphatic rings. The highest BCUT2D eigenvalue weighted by atomic mass is 32.2. The van der Waals surface area contributed by atoms with Gasteiger partial charge in [0.25, 0.3) is 0 Å². The molecule has 5 rings (SSSR count). The molecule has 35 heavy (non-hydrogen) atoms. The molecule has 0 spiro atoms. The smallest absolute Gasteiger partial charge is 0.249 e. The maximum Gasteiger partial charge on any atom is 0.249 e. The predicted molar refractivity (Wildman–Crippen MR) is 128 cm³/mol. The van der Waals surface area contributed by atoms with Crippen LogP contribution in [0.15, 0.2) is 45.8 Å². The van der Waals surface area contributed by atoms with Crippen LogP contribution < -0.4 is 24.2 Å². The Morgan fingerprint density at radius 3 is 2.43 bits per heavy atom. The topological polar surface area (TPSA) is 106 Å². The molecule has 4 aromatic rings. The number of halogens is 2. The van der Waals surface area contributed by atoms with Gasteiger partial charge in [-0.2, -0.15) is 5.10 Å². The van der Waals surface area contributed by atoms with E-state index in [0.717, 1.165) is 4.90 Å². The minimum Gasteiger partial charge on any atom is -0.495 e. The Labute approximate surface area is 203 Å². The second-order valence-corrected chi connectivity index (χ2v) is 8.89. The van der Waals surface area contributed by atoms with E-state index in [9.17, 15) is 8.78 Å². The number of nitrogens with one attached hydrogen (secondary N) is 3. The number of benzene rings is 2. The highest BCUT2D eigenvalue weighted by Gasteiger charge is 2.46. The normalized spacial score (nSPS) is 15.0. The van der Waals surface area contributed by atoms with E-state index < -0.39 is 5.92 Å². The number of alkyl halides is 2. The van der Waals surface area contributed by atoms with Gasteiger partial charge in [0.1, 0.15) is 22.1 Å². The van der Waals surface area contributed by atoms with Crippen molar-refractivity contribution in [2.75, 3.05) is 31.4 Å². The average Bonchev–Trinajstić information content (AvgIpc) is 3.46. The van der Waals surface area contributed by atoms with Crippen LogP contribution >= 0.6 is 11.9 Å². The van der Waals surface area contributed by atoms with Crippen LogP contribution in [-0.2, 0) is 0 Å². The lowest BCUT2D eigenvalue weighted by Gasteiger charge is -2.33. The highest BCUT2D eigenvalue weighted by molar-refractivity contribution is 8.00. The molecule has 2 aromatic carbocycles. The van der Waals surface area contributed by atoms with Gasteiger partial charge in [-0.3, -0.25) is 5.10 Å². The van der Waals surface area contributed by atoms with E-state index in [1.54, 1.807) is 39.5 Å². The minimum atomic E-state index is -2.59. The molecule has 0 radical (unpaired) electrons. The largest absolute Gasteiger partial charge is 0.495 e. The molecule has 12 heteroatoms. The van der Waals surface area contributed by atoms with Crippen LogP contribution in [0.2, 0.25) is 0 Å². The lowest BCUT2D eigenvalue weighted by molar-refractivity contribution is -0.0876. The number of H-pyrrole nitrogens is 1. The van der Waals surface area contributed by atoms with Crippen molar-refractivity contribution in [2.24, 2.45) is 0 Å². The monoisotopic (exact) mass is 503 g/mol. The summed E-state index contributed by atoms with van der Waals surface area (Å²) in [5, 5.41) is 15.0. The Kier molecular flexibility index (Phi) is 6.05. The van der Waals surface area contributed by atoms with Gasteiger partial charge >= 0.3 is 0 Å². The number of hydrogen-bond acceptors (Lipinski definition) is 9. The number of fused-ring (bicyclic) bond motifs is 1. The van der Waals surface area contributed by atoms with Crippen molar-refractivity contribution in [3.63, 3.8) is 0 Å².